The Bertz CT molecular complexity index is 840. The Kier molecular flexibility index (Phi) is 3.86. The van der Waals surface area contributed by atoms with Gasteiger partial charge in [0.1, 0.15) is 0 Å². The summed E-state index contributed by atoms with van der Waals surface area (Å²) in [7, 11) is 0. The number of hydrogen-bond donors (Lipinski definition) is 1. The van der Waals surface area contributed by atoms with Gasteiger partial charge in [-0.3, -0.25) is 4.40 Å². The second-order valence-corrected chi connectivity index (χ2v) is 5.33. The Balaban J connectivity index is 1.72. The Morgan fingerprint density at radius 2 is 2.05 bits per heavy atom. The van der Waals surface area contributed by atoms with E-state index in [0.29, 0.717) is 28.8 Å². The first-order valence-electron chi connectivity index (χ1n) is 6.38. The fourth-order valence-corrected chi connectivity index (χ4v) is 2.52. The summed E-state index contributed by atoms with van der Waals surface area (Å²) in [6, 6.07) is 10.7. The molecular weight excluding hydrogens is 311 g/mol. The number of nitrogens with one attached hydrogen (secondary N) is 1. The summed E-state index contributed by atoms with van der Waals surface area (Å²) in [5, 5.41) is 8.55. The lowest BCUT2D eigenvalue weighted by atomic mass is 10.3. The van der Waals surface area contributed by atoms with Crippen LogP contribution in [0.2, 0.25) is 10.0 Å². The molecule has 0 radical (unpaired) electrons. The Hall–Kier alpha value is -1.98. The zero-order chi connectivity index (χ0) is 14.8. The van der Waals surface area contributed by atoms with Crippen molar-refractivity contribution >= 4 is 34.5 Å². The maximum atomic E-state index is 12.1. The van der Waals surface area contributed by atoms with Crippen LogP contribution in [0.4, 0.5) is 5.69 Å². The summed E-state index contributed by atoms with van der Waals surface area (Å²) in [4.78, 5) is 12.1. The first kappa shape index (κ1) is 14.0. The smallest absolute Gasteiger partial charge is 0.350 e. The molecule has 5 nitrogen and oxygen atoms in total. The Morgan fingerprint density at radius 3 is 2.81 bits per heavy atom. The van der Waals surface area contributed by atoms with Crippen molar-refractivity contribution in [2.75, 3.05) is 11.9 Å². The van der Waals surface area contributed by atoms with Gasteiger partial charge in [0.2, 0.25) is 0 Å². The van der Waals surface area contributed by atoms with Crippen molar-refractivity contribution < 1.29 is 0 Å². The fourth-order valence-electron chi connectivity index (χ4n) is 2.04. The molecule has 1 aromatic carbocycles. The van der Waals surface area contributed by atoms with Crippen molar-refractivity contribution in [3.63, 3.8) is 0 Å². The van der Waals surface area contributed by atoms with Gasteiger partial charge in [0, 0.05) is 17.8 Å². The fraction of sp³-hybridized carbons (Fsp3) is 0.143. The lowest BCUT2D eigenvalue weighted by molar-refractivity contribution is 0.614. The minimum Gasteiger partial charge on any atom is -0.382 e. The van der Waals surface area contributed by atoms with Crippen molar-refractivity contribution in [3.05, 3.63) is 63.1 Å². The molecule has 21 heavy (non-hydrogen) atoms. The molecule has 0 aliphatic rings. The average Bonchev–Trinajstić information content (AvgIpc) is 2.79. The van der Waals surface area contributed by atoms with Crippen LogP contribution in [-0.4, -0.2) is 20.7 Å². The Morgan fingerprint density at radius 1 is 1.19 bits per heavy atom. The molecule has 3 rings (SSSR count). The van der Waals surface area contributed by atoms with Crippen LogP contribution in [0.3, 0.4) is 0 Å². The van der Waals surface area contributed by atoms with Crippen LogP contribution in [0, 0.1) is 0 Å². The van der Waals surface area contributed by atoms with Gasteiger partial charge in [0.05, 0.1) is 17.3 Å². The predicted octanol–water partition coefficient (Wildman–Crippen LogP) is 2.91. The third kappa shape index (κ3) is 2.89. The standard InChI is InChI=1S/C14H12Cl2N4O/c15-10-4-5-12(11(16)9-10)17-6-8-20-14(21)19-7-2-1-3-13(19)18-20/h1-5,7,9,17H,6,8H2. The van der Waals surface area contributed by atoms with Gasteiger partial charge in [-0.2, -0.15) is 0 Å². The van der Waals surface area contributed by atoms with Crippen LogP contribution >= 0.6 is 23.2 Å². The molecule has 0 unspecified atom stereocenters. The number of pyridine rings is 1. The van der Waals surface area contributed by atoms with Gasteiger partial charge in [-0.05, 0) is 30.3 Å². The van der Waals surface area contributed by atoms with E-state index in [0.717, 1.165) is 5.69 Å². The Labute approximate surface area is 130 Å². The number of fused-ring (bicyclic) bond motifs is 1. The van der Waals surface area contributed by atoms with Gasteiger partial charge in [0.25, 0.3) is 0 Å². The third-order valence-corrected chi connectivity index (χ3v) is 3.61. The van der Waals surface area contributed by atoms with Crippen molar-refractivity contribution in [2.24, 2.45) is 0 Å². The van der Waals surface area contributed by atoms with Crippen molar-refractivity contribution in [1.82, 2.24) is 14.2 Å². The van der Waals surface area contributed by atoms with Crippen molar-refractivity contribution in [3.8, 4) is 0 Å². The van der Waals surface area contributed by atoms with E-state index >= 15 is 0 Å². The third-order valence-electron chi connectivity index (χ3n) is 3.06. The number of nitrogens with zero attached hydrogens (tertiary/aromatic N) is 3. The summed E-state index contributed by atoms with van der Waals surface area (Å²) < 4.78 is 2.93. The van der Waals surface area contributed by atoms with Gasteiger partial charge in [-0.1, -0.05) is 29.3 Å². The van der Waals surface area contributed by atoms with E-state index in [4.69, 9.17) is 23.2 Å². The predicted molar refractivity (Wildman–Crippen MR) is 84.4 cm³/mol. The molecule has 0 aliphatic heterocycles. The number of aromatic nitrogens is 3. The van der Waals surface area contributed by atoms with E-state index in [-0.39, 0.29) is 5.69 Å². The highest BCUT2D eigenvalue weighted by molar-refractivity contribution is 6.36. The van der Waals surface area contributed by atoms with Gasteiger partial charge in [0.15, 0.2) is 5.65 Å². The van der Waals surface area contributed by atoms with Crippen LogP contribution in [0.1, 0.15) is 0 Å². The van der Waals surface area contributed by atoms with Gasteiger partial charge >= 0.3 is 5.69 Å². The van der Waals surface area contributed by atoms with E-state index in [1.807, 2.05) is 6.07 Å². The maximum absolute atomic E-state index is 12.1. The lowest BCUT2D eigenvalue weighted by Crippen LogP contribution is -2.24. The van der Waals surface area contributed by atoms with Gasteiger partial charge < -0.3 is 5.32 Å². The van der Waals surface area contributed by atoms with Crippen molar-refractivity contribution in [1.29, 1.82) is 0 Å². The zero-order valence-electron chi connectivity index (χ0n) is 11.0. The van der Waals surface area contributed by atoms with Gasteiger partial charge in [-0.25, -0.2) is 9.48 Å². The second-order valence-electron chi connectivity index (χ2n) is 4.49. The first-order valence-corrected chi connectivity index (χ1v) is 7.14. The molecule has 2 aromatic heterocycles. The number of anilines is 1. The monoisotopic (exact) mass is 322 g/mol. The van der Waals surface area contributed by atoms with Crippen LogP contribution in [0.5, 0.6) is 0 Å². The molecule has 0 saturated heterocycles. The molecule has 0 spiro atoms. The minimum absolute atomic E-state index is 0.158. The SMILES string of the molecule is O=c1n(CCNc2ccc(Cl)cc2Cl)nc2ccccn12. The highest BCUT2D eigenvalue weighted by atomic mass is 35.5. The molecule has 7 heteroatoms. The molecule has 0 bridgehead atoms. The summed E-state index contributed by atoms with van der Waals surface area (Å²) in [6.45, 7) is 0.977. The molecule has 0 aliphatic carbocycles. The molecule has 0 atom stereocenters. The second kappa shape index (κ2) is 5.79. The number of benzene rings is 1. The zero-order valence-corrected chi connectivity index (χ0v) is 12.5. The van der Waals surface area contributed by atoms with Crippen LogP contribution in [-0.2, 0) is 6.54 Å². The quantitative estimate of drug-likeness (QED) is 0.803. The van der Waals surface area contributed by atoms with E-state index < -0.39 is 0 Å². The number of hydrogen-bond acceptors (Lipinski definition) is 3. The number of halogens is 2. The minimum atomic E-state index is -0.158. The molecule has 0 amide bonds. The normalized spacial score (nSPS) is 11.0. The van der Waals surface area contributed by atoms with Gasteiger partial charge in [-0.15, -0.1) is 5.10 Å². The van der Waals surface area contributed by atoms with E-state index in [1.165, 1.54) is 9.08 Å². The molecule has 108 valence electrons. The maximum Gasteiger partial charge on any atom is 0.350 e. The summed E-state index contributed by atoms with van der Waals surface area (Å²) in [5.74, 6) is 0. The topological polar surface area (TPSA) is 51.3 Å². The molecule has 1 N–H and O–H groups in total. The molecule has 3 aromatic rings. The van der Waals surface area contributed by atoms with Crippen molar-refractivity contribution in [2.45, 2.75) is 6.54 Å². The highest BCUT2D eigenvalue weighted by Gasteiger charge is 2.06. The summed E-state index contributed by atoms with van der Waals surface area (Å²) in [5.41, 5.74) is 1.25. The molecular formula is C14H12Cl2N4O. The van der Waals surface area contributed by atoms with Crippen LogP contribution in [0.15, 0.2) is 47.4 Å². The molecule has 2 heterocycles. The molecule has 0 saturated carbocycles. The number of rotatable bonds is 4. The average molecular weight is 323 g/mol. The summed E-state index contributed by atoms with van der Waals surface area (Å²) >= 11 is 11.9. The first-order chi connectivity index (χ1) is 10.1. The molecule has 0 fully saturated rings. The highest BCUT2D eigenvalue weighted by Crippen LogP contribution is 2.24. The van der Waals surface area contributed by atoms with E-state index in [9.17, 15) is 4.79 Å². The largest absolute Gasteiger partial charge is 0.382 e. The summed E-state index contributed by atoms with van der Waals surface area (Å²) in [6.07, 6.45) is 1.70. The van der Waals surface area contributed by atoms with E-state index in [1.54, 1.807) is 36.5 Å². The van der Waals surface area contributed by atoms with Crippen LogP contribution in [0.25, 0.3) is 5.65 Å². The lowest BCUT2D eigenvalue weighted by Gasteiger charge is -2.08. The van der Waals surface area contributed by atoms with E-state index in [2.05, 4.69) is 10.4 Å². The van der Waals surface area contributed by atoms with Crippen LogP contribution < -0.4 is 11.0 Å².